The van der Waals surface area contributed by atoms with E-state index in [0.29, 0.717) is 18.0 Å². The van der Waals surface area contributed by atoms with Gasteiger partial charge in [0, 0.05) is 17.8 Å². The van der Waals surface area contributed by atoms with Gasteiger partial charge >= 0.3 is 6.18 Å². The zero-order valence-electron chi connectivity index (χ0n) is 18.2. The summed E-state index contributed by atoms with van der Waals surface area (Å²) in [6.07, 6.45) is -1.32. The van der Waals surface area contributed by atoms with E-state index in [1.807, 2.05) is 0 Å². The molecular weight excluding hydrogens is 488 g/mol. The van der Waals surface area contributed by atoms with Gasteiger partial charge in [-0.1, -0.05) is 0 Å². The van der Waals surface area contributed by atoms with Crippen molar-refractivity contribution in [2.75, 3.05) is 0 Å². The molecule has 35 heavy (non-hydrogen) atoms. The van der Waals surface area contributed by atoms with Crippen LogP contribution in [0.5, 0.6) is 0 Å². The summed E-state index contributed by atoms with van der Waals surface area (Å²) in [7, 11) is -4.53. The van der Waals surface area contributed by atoms with Crippen molar-refractivity contribution in [3.8, 4) is 23.3 Å². The SMILES string of the molecule is Cc1cnc2c(c1)c(C#N)c(-c1ccc(S(=O)(=O)N[C@@H](C)C(F)(F)F)cn1)n2-c1ccc(F)cn1. The Kier molecular flexibility index (Phi) is 6.04. The van der Waals surface area contributed by atoms with Crippen molar-refractivity contribution in [1.29, 1.82) is 5.26 Å². The molecule has 0 aliphatic carbocycles. The van der Waals surface area contributed by atoms with Crippen LogP contribution in [-0.2, 0) is 10.0 Å². The average Bonchev–Trinajstić information content (AvgIpc) is 3.12. The lowest BCUT2D eigenvalue weighted by atomic mass is 10.1. The number of fused-ring (bicyclic) bond motifs is 1. The van der Waals surface area contributed by atoms with Crippen molar-refractivity contribution in [3.05, 3.63) is 65.9 Å². The molecule has 0 radical (unpaired) electrons. The summed E-state index contributed by atoms with van der Waals surface area (Å²) in [6.45, 7) is 2.47. The molecular formula is C22H16F4N6O2S. The Morgan fingerprint density at radius 2 is 1.83 bits per heavy atom. The van der Waals surface area contributed by atoms with Gasteiger partial charge in [-0.25, -0.2) is 22.8 Å². The van der Waals surface area contributed by atoms with Gasteiger partial charge in [-0.05, 0) is 49.7 Å². The van der Waals surface area contributed by atoms with Crippen molar-refractivity contribution in [2.24, 2.45) is 0 Å². The predicted octanol–water partition coefficient (Wildman–Crippen LogP) is 4.03. The molecule has 4 aromatic heterocycles. The van der Waals surface area contributed by atoms with Crippen molar-refractivity contribution >= 4 is 21.1 Å². The van der Waals surface area contributed by atoms with Gasteiger partial charge in [0.1, 0.15) is 34.3 Å². The third kappa shape index (κ3) is 4.58. The van der Waals surface area contributed by atoms with Crippen LogP contribution in [0, 0.1) is 24.1 Å². The summed E-state index contributed by atoms with van der Waals surface area (Å²) in [5.74, 6) is -0.354. The Labute approximate surface area is 196 Å². The highest BCUT2D eigenvalue weighted by molar-refractivity contribution is 7.89. The van der Waals surface area contributed by atoms with Crippen LogP contribution in [0.3, 0.4) is 0 Å². The first-order valence-electron chi connectivity index (χ1n) is 10.0. The van der Waals surface area contributed by atoms with E-state index in [4.69, 9.17) is 0 Å². The summed E-state index contributed by atoms with van der Waals surface area (Å²) in [5.41, 5.74) is 1.60. The number of hydrogen-bond acceptors (Lipinski definition) is 6. The van der Waals surface area contributed by atoms with E-state index in [1.165, 1.54) is 22.8 Å². The second-order valence-electron chi connectivity index (χ2n) is 7.65. The lowest BCUT2D eigenvalue weighted by molar-refractivity contribution is -0.147. The quantitative estimate of drug-likeness (QED) is 0.411. The zero-order chi connectivity index (χ0) is 25.5. The van der Waals surface area contributed by atoms with Gasteiger partial charge in [-0.3, -0.25) is 9.55 Å². The van der Waals surface area contributed by atoms with Crippen molar-refractivity contribution in [3.63, 3.8) is 0 Å². The van der Waals surface area contributed by atoms with Crippen molar-refractivity contribution in [2.45, 2.75) is 31.0 Å². The van der Waals surface area contributed by atoms with Gasteiger partial charge in [-0.2, -0.15) is 23.2 Å². The van der Waals surface area contributed by atoms with Crippen molar-refractivity contribution in [1.82, 2.24) is 24.2 Å². The molecule has 180 valence electrons. The minimum Gasteiger partial charge on any atom is -0.275 e. The summed E-state index contributed by atoms with van der Waals surface area (Å²) < 4.78 is 79.8. The Bertz CT molecular complexity index is 1560. The van der Waals surface area contributed by atoms with Crippen molar-refractivity contribution < 1.29 is 26.0 Å². The fraction of sp³-hybridized carbons (Fsp3) is 0.182. The second kappa shape index (κ2) is 8.71. The van der Waals surface area contributed by atoms with Crippen LogP contribution >= 0.6 is 0 Å². The Morgan fingerprint density at radius 3 is 2.40 bits per heavy atom. The molecule has 0 fully saturated rings. The first-order chi connectivity index (χ1) is 16.4. The maximum absolute atomic E-state index is 13.5. The maximum Gasteiger partial charge on any atom is 0.404 e. The summed E-state index contributed by atoms with van der Waals surface area (Å²) >= 11 is 0. The molecule has 4 rings (SSSR count). The molecule has 1 N–H and O–H groups in total. The Morgan fingerprint density at radius 1 is 1.09 bits per heavy atom. The molecule has 0 aliphatic rings. The second-order valence-corrected chi connectivity index (χ2v) is 9.37. The molecule has 0 bridgehead atoms. The van der Waals surface area contributed by atoms with Gasteiger partial charge in [0.25, 0.3) is 0 Å². The normalized spacial score (nSPS) is 13.1. The van der Waals surface area contributed by atoms with Gasteiger partial charge in [0.05, 0.1) is 23.1 Å². The summed E-state index contributed by atoms with van der Waals surface area (Å²) in [5, 5.41) is 10.4. The average molecular weight is 504 g/mol. The summed E-state index contributed by atoms with van der Waals surface area (Å²) in [6, 6.07) is 6.40. The van der Waals surface area contributed by atoms with E-state index < -0.39 is 33.0 Å². The van der Waals surface area contributed by atoms with E-state index in [9.17, 15) is 31.2 Å². The molecule has 0 unspecified atom stereocenters. The highest BCUT2D eigenvalue weighted by Crippen LogP contribution is 2.34. The van der Waals surface area contributed by atoms with E-state index >= 15 is 0 Å². The van der Waals surface area contributed by atoms with E-state index in [-0.39, 0.29) is 22.8 Å². The lowest BCUT2D eigenvalue weighted by Crippen LogP contribution is -2.42. The maximum atomic E-state index is 13.5. The third-order valence-corrected chi connectivity index (χ3v) is 6.64. The molecule has 4 aromatic rings. The third-order valence-electron chi connectivity index (χ3n) is 5.11. The molecule has 13 heteroatoms. The molecule has 0 spiro atoms. The van der Waals surface area contributed by atoms with Gasteiger partial charge in [0.2, 0.25) is 10.0 Å². The molecule has 0 amide bonds. The number of aromatic nitrogens is 4. The number of hydrogen-bond donors (Lipinski definition) is 1. The van der Waals surface area contributed by atoms with Gasteiger partial charge < -0.3 is 0 Å². The Hall–Kier alpha value is -3.89. The predicted molar refractivity (Wildman–Crippen MR) is 117 cm³/mol. The summed E-state index contributed by atoms with van der Waals surface area (Å²) in [4.78, 5) is 12.1. The van der Waals surface area contributed by atoms with Crippen LogP contribution in [-0.4, -0.2) is 40.2 Å². The smallest absolute Gasteiger partial charge is 0.275 e. The number of nitriles is 1. The van der Waals surface area contributed by atoms with Crippen LogP contribution in [0.25, 0.3) is 28.2 Å². The monoisotopic (exact) mass is 504 g/mol. The van der Waals surface area contributed by atoms with Crippen LogP contribution < -0.4 is 4.72 Å². The van der Waals surface area contributed by atoms with E-state index in [0.717, 1.165) is 24.0 Å². The number of rotatable bonds is 5. The van der Waals surface area contributed by atoms with Gasteiger partial charge in [0.15, 0.2) is 0 Å². The number of nitrogens with one attached hydrogen (secondary N) is 1. The van der Waals surface area contributed by atoms with Gasteiger partial charge in [-0.15, -0.1) is 0 Å². The molecule has 4 heterocycles. The molecule has 0 saturated carbocycles. The number of aryl methyl sites for hydroxylation is 1. The number of alkyl halides is 3. The number of halogens is 4. The fourth-order valence-corrected chi connectivity index (χ4v) is 4.57. The molecule has 1 atom stereocenters. The van der Waals surface area contributed by atoms with Crippen LogP contribution in [0.2, 0.25) is 0 Å². The fourth-order valence-electron chi connectivity index (χ4n) is 3.40. The number of nitrogens with zero attached hydrogens (tertiary/aromatic N) is 5. The topological polar surface area (TPSA) is 114 Å². The van der Waals surface area contributed by atoms with E-state index in [1.54, 1.807) is 23.9 Å². The highest BCUT2D eigenvalue weighted by atomic mass is 32.2. The lowest BCUT2D eigenvalue weighted by Gasteiger charge is -2.17. The number of pyridine rings is 3. The minimum absolute atomic E-state index is 0.131. The minimum atomic E-state index is -4.77. The first-order valence-corrected chi connectivity index (χ1v) is 11.5. The Balaban J connectivity index is 1.88. The molecule has 0 aliphatic heterocycles. The van der Waals surface area contributed by atoms with Crippen LogP contribution in [0.4, 0.5) is 17.6 Å². The zero-order valence-corrected chi connectivity index (χ0v) is 19.0. The molecule has 8 nitrogen and oxygen atoms in total. The van der Waals surface area contributed by atoms with Crippen LogP contribution in [0.15, 0.2) is 53.8 Å². The standard InChI is InChI=1S/C22H16F4N6O2S/c1-12-7-16-17(8-27)20(32(21(16)30-9-12)19-6-3-14(23)10-29-19)18-5-4-15(11-28-18)35(33,34)31-13(2)22(24,25)26/h3-7,9-11,13,31H,1-2H3/t13-/m0/s1. The largest absolute Gasteiger partial charge is 0.404 e. The molecule has 0 aromatic carbocycles. The molecule has 0 saturated heterocycles. The van der Waals surface area contributed by atoms with Crippen LogP contribution in [0.1, 0.15) is 18.1 Å². The van der Waals surface area contributed by atoms with E-state index in [2.05, 4.69) is 21.0 Å². The highest BCUT2D eigenvalue weighted by Gasteiger charge is 2.39. The first kappa shape index (κ1) is 24.2. The number of sulfonamides is 1.